The Bertz CT molecular complexity index is 2990. The minimum atomic E-state index is -1.32. The van der Waals surface area contributed by atoms with Gasteiger partial charge in [0.1, 0.15) is 53.4 Å². The fraction of sp³-hybridized carbons (Fsp3) is 0.797. The highest BCUT2D eigenvalue weighted by Crippen LogP contribution is 2.50. The molecule has 0 saturated carbocycles. The highest BCUT2D eigenvalue weighted by atomic mass is 16.7. The number of amides is 2. The molecule has 3 spiro atoms. The van der Waals surface area contributed by atoms with Crippen molar-refractivity contribution >= 4 is 11.8 Å². The van der Waals surface area contributed by atoms with E-state index in [0.29, 0.717) is 149 Å². The Kier molecular flexibility index (Phi) is 38.1. The van der Waals surface area contributed by atoms with Gasteiger partial charge in [0, 0.05) is 42.2 Å². The number of ether oxygens (including phenoxy) is 16. The summed E-state index contributed by atoms with van der Waals surface area (Å²) >= 11 is 0. The zero-order valence-electron chi connectivity index (χ0n) is 66.6. The van der Waals surface area contributed by atoms with Crippen molar-refractivity contribution in [2.45, 2.75) is 256 Å². The van der Waals surface area contributed by atoms with Gasteiger partial charge in [-0.25, -0.2) is 0 Å². The molecule has 0 aromatic rings. The molecule has 0 radical (unpaired) electrons. The van der Waals surface area contributed by atoms with Gasteiger partial charge in [-0.2, -0.15) is 0 Å². The quantitative estimate of drug-likeness (QED) is 0.00646. The smallest absolute Gasteiger partial charge is 0.243 e. The van der Waals surface area contributed by atoms with Crippen molar-refractivity contribution in [2.75, 3.05) is 125 Å². The molecule has 8 rings (SSSR count). The van der Waals surface area contributed by atoms with Crippen molar-refractivity contribution < 1.29 is 95.6 Å². The van der Waals surface area contributed by atoms with Crippen molar-refractivity contribution in [3.05, 3.63) is 105 Å². The molecule has 2 amide bonds. The first-order valence-electron chi connectivity index (χ1n) is 38.6. The summed E-state index contributed by atoms with van der Waals surface area (Å²) < 4.78 is 93.0. The van der Waals surface area contributed by atoms with Crippen LogP contribution in [0.5, 0.6) is 0 Å². The van der Waals surface area contributed by atoms with Gasteiger partial charge in [-0.05, 0) is 135 Å². The van der Waals surface area contributed by atoms with Crippen molar-refractivity contribution in [1.82, 2.24) is 10.6 Å². The second-order valence-electron chi connectivity index (χ2n) is 31.6. The molecule has 0 bridgehead atoms. The van der Waals surface area contributed by atoms with Crippen LogP contribution in [0.15, 0.2) is 94.8 Å². The third-order valence-electron chi connectivity index (χ3n) is 19.8. The Hall–Kier alpha value is -4.98. The molecule has 0 unspecified atom stereocenters. The van der Waals surface area contributed by atoms with Gasteiger partial charge in [0.15, 0.2) is 5.79 Å². The molecule has 18 atom stereocenters. The van der Waals surface area contributed by atoms with Crippen LogP contribution in [0.25, 0.3) is 20.9 Å². The number of hydrogen-bond donors (Lipinski definition) is 4. The molecule has 28 heteroatoms. The van der Waals surface area contributed by atoms with E-state index >= 15 is 0 Å². The van der Waals surface area contributed by atoms with Crippen LogP contribution in [0.3, 0.4) is 0 Å². The van der Waals surface area contributed by atoms with Gasteiger partial charge in [-0.15, -0.1) is 6.58 Å². The number of allylic oxidation sites excluding steroid dienone is 6. The molecule has 107 heavy (non-hydrogen) atoms. The Labute approximate surface area is 635 Å². The molecule has 4 N–H and O–H groups in total. The predicted octanol–water partition coefficient (Wildman–Crippen LogP) is 10.7. The van der Waals surface area contributed by atoms with Gasteiger partial charge in [0.25, 0.3) is 0 Å². The number of aliphatic hydroxyl groups is 2. The maximum atomic E-state index is 12.3. The lowest BCUT2D eigenvalue weighted by Crippen LogP contribution is -2.55. The van der Waals surface area contributed by atoms with Crippen LogP contribution in [0, 0.1) is 23.7 Å². The van der Waals surface area contributed by atoms with E-state index < -0.39 is 23.6 Å². The van der Waals surface area contributed by atoms with Crippen molar-refractivity contribution in [2.24, 2.45) is 33.9 Å². The molecular formula is C79H130N8O20. The molecule has 8 heterocycles. The van der Waals surface area contributed by atoms with Crippen LogP contribution in [0.1, 0.15) is 149 Å². The molecule has 28 nitrogen and oxygen atoms in total. The lowest BCUT2D eigenvalue weighted by atomic mass is 9.83. The number of hydrogen-bond acceptors (Lipinski definition) is 22. The van der Waals surface area contributed by atoms with Crippen LogP contribution in [0.2, 0.25) is 0 Å². The van der Waals surface area contributed by atoms with Crippen molar-refractivity contribution in [1.29, 1.82) is 0 Å². The average molecular weight is 1510 g/mol. The Morgan fingerprint density at radius 3 is 1.28 bits per heavy atom. The largest absolute Gasteiger partial charge is 0.387 e. The Morgan fingerprint density at radius 1 is 0.542 bits per heavy atom. The highest BCUT2D eigenvalue weighted by molar-refractivity contribution is 5.88. The summed E-state index contributed by atoms with van der Waals surface area (Å²) in [5, 5.41) is 33.9. The van der Waals surface area contributed by atoms with E-state index in [2.05, 4.69) is 124 Å². The molecule has 0 aromatic carbocycles. The van der Waals surface area contributed by atoms with Gasteiger partial charge < -0.3 is 96.6 Å². The fourth-order valence-electron chi connectivity index (χ4n) is 14.1. The fourth-order valence-corrected chi connectivity index (χ4v) is 14.1. The zero-order valence-corrected chi connectivity index (χ0v) is 66.6. The van der Waals surface area contributed by atoms with Crippen LogP contribution in [-0.4, -0.2) is 254 Å². The van der Waals surface area contributed by atoms with Crippen LogP contribution >= 0.6 is 0 Å². The summed E-state index contributed by atoms with van der Waals surface area (Å²) in [5.74, 6) is -0.150. The number of azide groups is 2. The molecule has 0 aromatic heterocycles. The maximum Gasteiger partial charge on any atom is 0.243 e. The predicted molar refractivity (Wildman–Crippen MR) is 405 cm³/mol. The van der Waals surface area contributed by atoms with Crippen molar-refractivity contribution in [3.63, 3.8) is 0 Å². The van der Waals surface area contributed by atoms with Gasteiger partial charge in [0.2, 0.25) is 11.8 Å². The molecule has 8 aliphatic heterocycles. The lowest BCUT2D eigenvalue weighted by molar-refractivity contribution is -0.272. The number of nitrogens with zero attached hydrogens (tertiary/aromatic N) is 6. The van der Waals surface area contributed by atoms with E-state index in [9.17, 15) is 19.8 Å². The second-order valence-corrected chi connectivity index (χ2v) is 31.6. The summed E-state index contributed by atoms with van der Waals surface area (Å²) in [6.07, 6.45) is 24.0. The number of epoxide rings is 3. The number of carbonyl (C=O) groups is 2. The summed E-state index contributed by atoms with van der Waals surface area (Å²) in [4.78, 5) is 29.8. The minimum Gasteiger partial charge on any atom is -0.387 e. The van der Waals surface area contributed by atoms with Crippen LogP contribution < -0.4 is 10.6 Å². The Balaban J connectivity index is 0.000000262. The zero-order chi connectivity index (χ0) is 78.3. The standard InChI is InChI=1S/C35H58N4O8.C26H41NO6.C18H31N3O6/c1-25(2)8-13-32(40)38-29-22-27(4)30(46-28(29)5)11-9-26(3)10-12-31-33(35(24-45-35)23-34(6,7)47-31)44-21-20-43-19-18-42-17-16-41-15-14-37-39-36;1-16(2)7-12-23(28)27-20-13-18(4)21(32-19(20)5)10-8-17(3)9-11-22-24(29)26(15-31-26)14-25(6,30)33-22;1-4-15-16(18(14-26-18)13-17(2,3)27-15)25-12-11-24-10-9-23-8-7-22-6-5-20-21-19/h8-10,12-13,25,27-31,33H,11,14-24H2,1-7H3,(H,38,40);7-9,11-12,16,18-22,24,29-30H,10,13-15H2,1-6H3,(H,27,28);4,15-16H,1,5-14H2,2-3H3/b12-10+,13-8-,26-9+;11-9+,12-7-,17-8+;/t27-,28+,29+,30-,31+,33+,35+;18-,19+,20+,21-,22+,24+,25-,26+;15-,16-,18-/m001/s1. The summed E-state index contributed by atoms with van der Waals surface area (Å²) in [5.41, 5.74) is 16.7. The normalized spacial score (nSPS) is 33.6. The number of aliphatic hydroxyl groups excluding tert-OH is 1. The third kappa shape index (κ3) is 32.3. The van der Waals surface area contributed by atoms with E-state index in [1.807, 2.05) is 52.8 Å². The SMILES string of the molecule is C=C[C@H]1OC(C)(C)C[C@@]2(CO2)[C@@H]1OCCOCCOCCOCCN=[N+]=[N-].CC(/C=C/[C@H]1OC(C)(C)C[C@@]2(CO2)[C@@H]1OCCOCCOCCOCCN=[N+]=[N-])=C\C[C@@H]1O[C@H](C)[C@H](NC(=O)/C=C\C(C)C)C[C@@H]1C.CC(/C=C/[C@H]1O[C@](C)(O)C[C@@]2(CO2)[C@@H]1O)=C\C[C@@H]1O[C@H](C)[C@H](NC(=O)/C=C\C(C)C)C[C@@H]1C. The monoisotopic (exact) mass is 1510 g/mol. The highest BCUT2D eigenvalue weighted by Gasteiger charge is 2.63. The van der Waals surface area contributed by atoms with Gasteiger partial charge in [-0.3, -0.25) is 9.59 Å². The number of carbonyl (C=O) groups excluding carboxylic acids is 2. The first-order chi connectivity index (χ1) is 50.9. The maximum absolute atomic E-state index is 12.3. The molecule has 8 saturated heterocycles. The van der Waals surface area contributed by atoms with E-state index in [1.165, 1.54) is 0 Å². The number of rotatable bonds is 41. The topological polar surface area (TPSA) is 354 Å². The first-order valence-corrected chi connectivity index (χ1v) is 38.6. The lowest BCUT2D eigenvalue weighted by Gasteiger charge is -2.43. The number of nitrogens with one attached hydrogen (secondary N) is 2. The van der Waals surface area contributed by atoms with E-state index in [1.54, 1.807) is 31.2 Å². The average Bonchev–Trinajstić information content (AvgIpc) is 1.60. The van der Waals surface area contributed by atoms with Crippen LogP contribution in [-0.2, 0) is 85.4 Å². The summed E-state index contributed by atoms with van der Waals surface area (Å²) in [7, 11) is 0. The molecular weight excluding hydrogens is 1380 g/mol. The van der Waals surface area contributed by atoms with E-state index in [-0.39, 0.29) is 102 Å². The first kappa shape index (κ1) is 90.9. The van der Waals surface area contributed by atoms with Gasteiger partial charge >= 0.3 is 0 Å². The molecule has 0 aliphatic carbocycles. The van der Waals surface area contributed by atoms with Gasteiger partial charge in [0.05, 0.1) is 160 Å². The summed E-state index contributed by atoms with van der Waals surface area (Å²) in [6.45, 7) is 43.3. The second kappa shape index (κ2) is 44.9. The van der Waals surface area contributed by atoms with Gasteiger partial charge in [-0.1, -0.05) is 118 Å². The van der Waals surface area contributed by atoms with E-state index in [4.69, 9.17) is 86.9 Å². The minimum absolute atomic E-state index is 0.000211. The van der Waals surface area contributed by atoms with Crippen LogP contribution in [0.4, 0.5) is 0 Å². The van der Waals surface area contributed by atoms with Crippen molar-refractivity contribution in [3.8, 4) is 0 Å². The third-order valence-corrected chi connectivity index (χ3v) is 19.8. The Morgan fingerprint density at radius 2 is 0.907 bits per heavy atom. The summed E-state index contributed by atoms with van der Waals surface area (Å²) in [6, 6.07) is 0.00316. The molecule has 8 aliphatic rings. The molecule has 8 fully saturated rings. The van der Waals surface area contributed by atoms with E-state index in [0.717, 1.165) is 49.7 Å². The molecule has 606 valence electrons.